The second-order valence-corrected chi connectivity index (χ2v) is 4.66. The van der Waals surface area contributed by atoms with Crippen molar-refractivity contribution in [3.63, 3.8) is 0 Å². The number of alkyl halides is 3. The van der Waals surface area contributed by atoms with E-state index in [0.717, 1.165) is 0 Å². The number of halogens is 5. The molecule has 1 aromatic carbocycles. The normalized spacial score (nSPS) is 11.7. The molecule has 0 aliphatic carbocycles. The van der Waals surface area contributed by atoms with Gasteiger partial charge in [0, 0.05) is 10.6 Å². The van der Waals surface area contributed by atoms with Crippen molar-refractivity contribution in [1.82, 2.24) is 9.97 Å². The molecule has 0 radical (unpaired) electrons. The minimum absolute atomic E-state index is 0.00284. The summed E-state index contributed by atoms with van der Waals surface area (Å²) in [6, 6.07) is 4.00. The third-order valence-electron chi connectivity index (χ3n) is 2.42. The van der Waals surface area contributed by atoms with Crippen molar-refractivity contribution in [1.29, 1.82) is 0 Å². The van der Waals surface area contributed by atoms with E-state index in [1.807, 2.05) is 0 Å². The van der Waals surface area contributed by atoms with E-state index in [-0.39, 0.29) is 15.6 Å². The molecule has 9 heteroatoms. The Labute approximate surface area is 121 Å². The van der Waals surface area contributed by atoms with E-state index in [9.17, 15) is 13.2 Å². The number of nitrogens with two attached hydrogens (primary N) is 2. The molecule has 0 saturated heterocycles. The maximum Gasteiger partial charge on any atom is 0.434 e. The molecule has 0 aliphatic rings. The summed E-state index contributed by atoms with van der Waals surface area (Å²) < 4.78 is 39.1. The molecule has 0 unspecified atom stereocenters. The zero-order valence-electron chi connectivity index (χ0n) is 9.67. The lowest BCUT2D eigenvalue weighted by atomic mass is 10.0. The van der Waals surface area contributed by atoms with E-state index in [4.69, 9.17) is 34.7 Å². The van der Waals surface area contributed by atoms with Crippen LogP contribution in [0.5, 0.6) is 0 Å². The molecular weight excluding hydrogens is 316 g/mol. The number of benzene rings is 1. The van der Waals surface area contributed by atoms with Crippen molar-refractivity contribution < 1.29 is 13.2 Å². The van der Waals surface area contributed by atoms with E-state index in [0.29, 0.717) is 0 Å². The summed E-state index contributed by atoms with van der Waals surface area (Å²) in [7, 11) is 0. The van der Waals surface area contributed by atoms with Gasteiger partial charge in [-0.25, -0.2) is 4.98 Å². The molecule has 1 heterocycles. The first kappa shape index (κ1) is 14.7. The van der Waals surface area contributed by atoms with Crippen molar-refractivity contribution >= 4 is 35.0 Å². The van der Waals surface area contributed by atoms with Gasteiger partial charge in [-0.05, 0) is 12.1 Å². The van der Waals surface area contributed by atoms with E-state index in [1.165, 1.54) is 18.2 Å². The molecular formula is C11H7Cl2F3N4. The smallest absolute Gasteiger partial charge is 0.383 e. The predicted octanol–water partition coefficient (Wildman–Crippen LogP) is 3.63. The van der Waals surface area contributed by atoms with Crippen LogP contribution in [0.3, 0.4) is 0 Å². The number of nitrogen functional groups attached to an aromatic ring is 2. The Morgan fingerprint density at radius 1 is 1.05 bits per heavy atom. The number of rotatable bonds is 1. The predicted molar refractivity (Wildman–Crippen MR) is 71.3 cm³/mol. The molecule has 2 rings (SSSR count). The van der Waals surface area contributed by atoms with Gasteiger partial charge >= 0.3 is 6.18 Å². The third kappa shape index (κ3) is 2.73. The lowest BCUT2D eigenvalue weighted by molar-refractivity contribution is -0.140. The molecule has 0 fully saturated rings. The molecule has 0 saturated carbocycles. The highest BCUT2D eigenvalue weighted by atomic mass is 35.5. The Morgan fingerprint density at radius 2 is 1.70 bits per heavy atom. The van der Waals surface area contributed by atoms with Gasteiger partial charge in [0.25, 0.3) is 0 Å². The Hall–Kier alpha value is -1.73. The van der Waals surface area contributed by atoms with Gasteiger partial charge in [-0.15, -0.1) is 0 Å². The molecule has 0 aliphatic heterocycles. The number of aromatic nitrogens is 2. The van der Waals surface area contributed by atoms with Crippen LogP contribution in [0.2, 0.25) is 10.0 Å². The largest absolute Gasteiger partial charge is 0.434 e. The van der Waals surface area contributed by atoms with Gasteiger partial charge < -0.3 is 11.5 Å². The minimum Gasteiger partial charge on any atom is -0.383 e. The molecule has 0 atom stereocenters. The highest BCUT2D eigenvalue weighted by Gasteiger charge is 2.38. The molecule has 2 aromatic rings. The number of hydrogen-bond acceptors (Lipinski definition) is 4. The molecule has 4 N–H and O–H groups in total. The van der Waals surface area contributed by atoms with Crippen molar-refractivity contribution in [2.75, 3.05) is 11.5 Å². The van der Waals surface area contributed by atoms with Gasteiger partial charge in [-0.3, -0.25) is 0 Å². The lowest BCUT2D eigenvalue weighted by Gasteiger charge is -2.15. The summed E-state index contributed by atoms with van der Waals surface area (Å²) in [5, 5.41) is 0.283. The molecule has 1 aromatic heterocycles. The van der Waals surface area contributed by atoms with Gasteiger partial charge in [0.2, 0.25) is 5.95 Å². The highest BCUT2D eigenvalue weighted by Crippen LogP contribution is 2.41. The van der Waals surface area contributed by atoms with Gasteiger partial charge in [-0.1, -0.05) is 29.3 Å². The quantitative estimate of drug-likeness (QED) is 0.840. The number of anilines is 2. The summed E-state index contributed by atoms with van der Waals surface area (Å²) in [6.45, 7) is 0. The van der Waals surface area contributed by atoms with Gasteiger partial charge in [0.15, 0.2) is 5.69 Å². The van der Waals surface area contributed by atoms with Crippen molar-refractivity contribution in [3.8, 4) is 11.1 Å². The second-order valence-electron chi connectivity index (χ2n) is 3.81. The first-order chi connectivity index (χ1) is 9.20. The SMILES string of the molecule is Nc1nc(N)c(-c2ccc(Cl)cc2Cl)c(C(F)(F)F)n1. The Morgan fingerprint density at radius 3 is 2.25 bits per heavy atom. The Balaban J connectivity index is 2.79. The summed E-state index contributed by atoms with van der Waals surface area (Å²) in [5.74, 6) is -0.974. The fourth-order valence-corrected chi connectivity index (χ4v) is 2.16. The highest BCUT2D eigenvalue weighted by molar-refractivity contribution is 6.36. The van der Waals surface area contributed by atoms with Gasteiger partial charge in [-0.2, -0.15) is 18.2 Å². The summed E-state index contributed by atoms with van der Waals surface area (Å²) in [5.41, 5.74) is 9.11. The van der Waals surface area contributed by atoms with Crippen LogP contribution in [0.1, 0.15) is 5.69 Å². The fraction of sp³-hybridized carbons (Fsp3) is 0.0909. The molecule has 106 valence electrons. The topological polar surface area (TPSA) is 77.8 Å². The van der Waals surface area contributed by atoms with E-state index < -0.39 is 29.2 Å². The van der Waals surface area contributed by atoms with E-state index in [1.54, 1.807) is 0 Å². The summed E-state index contributed by atoms with van der Waals surface area (Å²) >= 11 is 11.6. The van der Waals surface area contributed by atoms with E-state index in [2.05, 4.69) is 9.97 Å². The maximum atomic E-state index is 13.0. The van der Waals surface area contributed by atoms with Crippen LogP contribution in [-0.4, -0.2) is 9.97 Å². The molecule has 0 spiro atoms. The average Bonchev–Trinajstić information content (AvgIpc) is 2.28. The van der Waals surface area contributed by atoms with Crippen molar-refractivity contribution in [2.45, 2.75) is 6.18 Å². The zero-order chi connectivity index (χ0) is 15.1. The van der Waals surface area contributed by atoms with E-state index >= 15 is 0 Å². The first-order valence-corrected chi connectivity index (χ1v) is 5.91. The molecule has 4 nitrogen and oxygen atoms in total. The van der Waals surface area contributed by atoms with Crippen molar-refractivity contribution in [2.24, 2.45) is 0 Å². The zero-order valence-corrected chi connectivity index (χ0v) is 11.2. The Bertz CT molecular complexity index is 673. The number of nitrogens with zero attached hydrogens (tertiary/aromatic N) is 2. The van der Waals surface area contributed by atoms with Crippen molar-refractivity contribution in [3.05, 3.63) is 33.9 Å². The minimum atomic E-state index is -4.75. The van der Waals surface area contributed by atoms with Crippen LogP contribution in [0.25, 0.3) is 11.1 Å². The fourth-order valence-electron chi connectivity index (χ4n) is 1.66. The molecule has 0 amide bonds. The van der Waals surface area contributed by atoms with Gasteiger partial charge in [0.05, 0.1) is 10.6 Å². The Kier molecular flexibility index (Phi) is 3.66. The van der Waals surface area contributed by atoms with Crippen LogP contribution >= 0.6 is 23.2 Å². The van der Waals surface area contributed by atoms with Crippen LogP contribution in [-0.2, 0) is 6.18 Å². The molecule has 0 bridgehead atoms. The summed E-state index contributed by atoms with van der Waals surface area (Å²) in [6.07, 6.45) is -4.75. The average molecular weight is 323 g/mol. The lowest BCUT2D eigenvalue weighted by Crippen LogP contribution is -2.15. The van der Waals surface area contributed by atoms with Crippen LogP contribution < -0.4 is 11.5 Å². The monoisotopic (exact) mass is 322 g/mol. The summed E-state index contributed by atoms with van der Waals surface area (Å²) in [4.78, 5) is 6.76. The van der Waals surface area contributed by atoms with Crippen LogP contribution in [0.4, 0.5) is 24.9 Å². The third-order valence-corrected chi connectivity index (χ3v) is 2.97. The van der Waals surface area contributed by atoms with Crippen LogP contribution in [0, 0.1) is 0 Å². The van der Waals surface area contributed by atoms with Crippen LogP contribution in [0.15, 0.2) is 18.2 Å². The number of hydrogen-bond donors (Lipinski definition) is 2. The maximum absolute atomic E-state index is 13.0. The first-order valence-electron chi connectivity index (χ1n) is 5.15. The standard InChI is InChI=1S/C11H7Cl2F3N4/c12-4-1-2-5(6(13)3-4)7-8(11(14,15)16)19-10(18)20-9(7)17/h1-3H,(H4,17,18,19,20). The molecule has 20 heavy (non-hydrogen) atoms. The van der Waals surface area contributed by atoms with Gasteiger partial charge in [0.1, 0.15) is 5.82 Å². The second kappa shape index (κ2) is 4.99.